The number of esters is 1. The second kappa shape index (κ2) is 14.3. The maximum atomic E-state index is 12.8. The van der Waals surface area contributed by atoms with E-state index in [-0.39, 0.29) is 37.9 Å². The SMILES string of the molecule is CCOC(=O)CCNC(=O)/C(=N\OCc1ccc(OCc2nc(-c3ccccc3)oc2C)cc1)c1ccccc1. The van der Waals surface area contributed by atoms with Crippen LogP contribution in [0.15, 0.2) is 94.5 Å². The number of amides is 1. The molecule has 1 amide bonds. The number of hydrogen-bond acceptors (Lipinski definition) is 8. The van der Waals surface area contributed by atoms with Crippen molar-refractivity contribution in [3.05, 3.63) is 108 Å². The fourth-order valence-electron chi connectivity index (χ4n) is 3.69. The van der Waals surface area contributed by atoms with Crippen LogP contribution in [0, 0.1) is 6.92 Å². The fraction of sp³-hybridized carbons (Fsp3) is 0.226. The van der Waals surface area contributed by atoms with Gasteiger partial charge in [-0.15, -0.1) is 0 Å². The van der Waals surface area contributed by atoms with Crippen molar-refractivity contribution in [3.8, 4) is 17.2 Å². The number of carbonyl (C=O) groups is 2. The maximum Gasteiger partial charge on any atom is 0.307 e. The third kappa shape index (κ3) is 8.04. The standard InChI is InChI=1S/C31H31N3O6/c1-3-37-28(35)18-19-32-30(36)29(24-10-6-4-7-11-24)34-39-20-23-14-16-26(17-15-23)38-21-27-22(2)40-31(33-27)25-12-8-5-9-13-25/h4-17H,3,18-21H2,1-2H3,(H,32,36)/b34-29-. The lowest BCUT2D eigenvalue weighted by atomic mass is 10.1. The summed E-state index contributed by atoms with van der Waals surface area (Å²) in [5.41, 5.74) is 3.19. The molecule has 0 fully saturated rings. The van der Waals surface area contributed by atoms with Crippen LogP contribution in [-0.4, -0.2) is 35.7 Å². The molecule has 0 saturated carbocycles. The Morgan fingerprint density at radius 2 is 1.62 bits per heavy atom. The van der Waals surface area contributed by atoms with Gasteiger partial charge in [-0.3, -0.25) is 9.59 Å². The molecular formula is C31H31N3O6. The van der Waals surface area contributed by atoms with E-state index in [1.807, 2.05) is 67.6 Å². The number of benzene rings is 3. The smallest absolute Gasteiger partial charge is 0.307 e. The monoisotopic (exact) mass is 541 g/mol. The van der Waals surface area contributed by atoms with Crippen molar-refractivity contribution in [1.82, 2.24) is 10.3 Å². The molecule has 0 aliphatic heterocycles. The topological polar surface area (TPSA) is 112 Å². The number of ether oxygens (including phenoxy) is 2. The van der Waals surface area contributed by atoms with Crippen molar-refractivity contribution in [3.63, 3.8) is 0 Å². The number of nitrogens with zero attached hydrogens (tertiary/aromatic N) is 2. The first-order valence-electron chi connectivity index (χ1n) is 13.0. The van der Waals surface area contributed by atoms with Gasteiger partial charge in [0.15, 0.2) is 5.71 Å². The highest BCUT2D eigenvalue weighted by atomic mass is 16.6. The molecule has 0 unspecified atom stereocenters. The first-order chi connectivity index (χ1) is 19.5. The summed E-state index contributed by atoms with van der Waals surface area (Å²) in [6, 6.07) is 26.1. The van der Waals surface area contributed by atoms with E-state index in [0.717, 1.165) is 16.8 Å². The van der Waals surface area contributed by atoms with E-state index in [4.69, 9.17) is 18.7 Å². The second-order valence-corrected chi connectivity index (χ2v) is 8.71. The zero-order chi connectivity index (χ0) is 28.2. The molecule has 40 heavy (non-hydrogen) atoms. The van der Waals surface area contributed by atoms with Gasteiger partial charge in [0, 0.05) is 17.7 Å². The molecule has 9 heteroatoms. The van der Waals surface area contributed by atoms with Crippen LogP contribution in [-0.2, 0) is 32.4 Å². The Hall–Kier alpha value is -4.92. The average Bonchev–Trinajstić information content (AvgIpc) is 3.36. The second-order valence-electron chi connectivity index (χ2n) is 8.71. The zero-order valence-electron chi connectivity index (χ0n) is 22.5. The average molecular weight is 542 g/mol. The summed E-state index contributed by atoms with van der Waals surface area (Å²) in [6.45, 7) is 4.44. The maximum absolute atomic E-state index is 12.8. The van der Waals surface area contributed by atoms with Crippen LogP contribution in [0.4, 0.5) is 0 Å². The number of hydrogen-bond donors (Lipinski definition) is 1. The lowest BCUT2D eigenvalue weighted by Gasteiger charge is -2.09. The van der Waals surface area contributed by atoms with E-state index in [1.54, 1.807) is 31.2 Å². The highest BCUT2D eigenvalue weighted by molar-refractivity contribution is 6.45. The summed E-state index contributed by atoms with van der Waals surface area (Å²) in [4.78, 5) is 34.4. The molecule has 206 valence electrons. The van der Waals surface area contributed by atoms with Crippen LogP contribution in [0.25, 0.3) is 11.5 Å². The lowest BCUT2D eigenvalue weighted by Crippen LogP contribution is -2.33. The number of rotatable bonds is 13. The van der Waals surface area contributed by atoms with Crippen LogP contribution in [0.3, 0.4) is 0 Å². The van der Waals surface area contributed by atoms with Gasteiger partial charge in [0.2, 0.25) is 5.89 Å². The molecule has 0 atom stereocenters. The molecule has 0 aliphatic carbocycles. The van der Waals surface area contributed by atoms with Crippen LogP contribution >= 0.6 is 0 Å². The van der Waals surface area contributed by atoms with Gasteiger partial charge in [-0.25, -0.2) is 4.98 Å². The zero-order valence-corrected chi connectivity index (χ0v) is 22.5. The summed E-state index contributed by atoms with van der Waals surface area (Å²) in [5.74, 6) is 1.12. The normalized spacial score (nSPS) is 11.1. The third-order valence-electron chi connectivity index (χ3n) is 5.78. The predicted molar refractivity (Wildman–Crippen MR) is 149 cm³/mol. The first-order valence-corrected chi connectivity index (χ1v) is 13.0. The molecule has 1 heterocycles. The predicted octanol–water partition coefficient (Wildman–Crippen LogP) is 5.22. The molecular weight excluding hydrogens is 510 g/mol. The van der Waals surface area contributed by atoms with Crippen molar-refractivity contribution in [2.24, 2.45) is 5.16 Å². The Morgan fingerprint density at radius 3 is 2.33 bits per heavy atom. The first kappa shape index (κ1) is 28.1. The van der Waals surface area contributed by atoms with Gasteiger partial charge in [-0.05, 0) is 43.7 Å². The van der Waals surface area contributed by atoms with Crippen molar-refractivity contribution in [1.29, 1.82) is 0 Å². The van der Waals surface area contributed by atoms with Crippen LogP contribution in [0.5, 0.6) is 5.75 Å². The van der Waals surface area contributed by atoms with Gasteiger partial charge < -0.3 is 24.0 Å². The van der Waals surface area contributed by atoms with Crippen molar-refractivity contribution in [2.45, 2.75) is 33.5 Å². The van der Waals surface area contributed by atoms with E-state index in [1.165, 1.54) is 0 Å². The van der Waals surface area contributed by atoms with Gasteiger partial charge in [0.05, 0.1) is 13.0 Å². The minimum absolute atomic E-state index is 0.0708. The van der Waals surface area contributed by atoms with E-state index in [9.17, 15) is 9.59 Å². The molecule has 9 nitrogen and oxygen atoms in total. The lowest BCUT2D eigenvalue weighted by molar-refractivity contribution is -0.142. The molecule has 0 radical (unpaired) electrons. The molecule has 1 aromatic heterocycles. The van der Waals surface area contributed by atoms with E-state index in [2.05, 4.69) is 15.5 Å². The van der Waals surface area contributed by atoms with Crippen LogP contribution in [0.1, 0.15) is 35.9 Å². The van der Waals surface area contributed by atoms with Crippen molar-refractivity contribution >= 4 is 17.6 Å². The minimum Gasteiger partial charge on any atom is -0.487 e. The quantitative estimate of drug-likeness (QED) is 0.140. The number of oxazole rings is 1. The van der Waals surface area contributed by atoms with E-state index >= 15 is 0 Å². The molecule has 0 saturated heterocycles. The van der Waals surface area contributed by atoms with Crippen molar-refractivity contribution in [2.75, 3.05) is 13.2 Å². The van der Waals surface area contributed by atoms with E-state index in [0.29, 0.717) is 29.6 Å². The number of aryl methyl sites for hydroxylation is 1. The Bertz CT molecular complexity index is 1420. The number of oxime groups is 1. The summed E-state index contributed by atoms with van der Waals surface area (Å²) >= 11 is 0. The fourth-order valence-corrected chi connectivity index (χ4v) is 3.69. The van der Waals surface area contributed by atoms with Gasteiger partial charge in [0.1, 0.15) is 30.4 Å². The Kier molecular flexibility index (Phi) is 10.0. The van der Waals surface area contributed by atoms with Crippen LogP contribution in [0.2, 0.25) is 0 Å². The highest BCUT2D eigenvalue weighted by Crippen LogP contribution is 2.23. The summed E-state index contributed by atoms with van der Waals surface area (Å²) < 4.78 is 16.6. The molecule has 1 N–H and O–H groups in total. The van der Waals surface area contributed by atoms with Crippen LogP contribution < -0.4 is 10.1 Å². The largest absolute Gasteiger partial charge is 0.487 e. The van der Waals surface area contributed by atoms with E-state index < -0.39 is 5.91 Å². The van der Waals surface area contributed by atoms with Gasteiger partial charge in [-0.1, -0.05) is 65.8 Å². The summed E-state index contributed by atoms with van der Waals surface area (Å²) in [6.07, 6.45) is 0.0708. The minimum atomic E-state index is -0.446. The Morgan fingerprint density at radius 1 is 0.925 bits per heavy atom. The van der Waals surface area contributed by atoms with Gasteiger partial charge >= 0.3 is 5.97 Å². The Balaban J connectivity index is 1.32. The number of carbonyl (C=O) groups excluding carboxylic acids is 2. The van der Waals surface area contributed by atoms with Crippen molar-refractivity contribution < 1.29 is 28.3 Å². The molecule has 3 aromatic carbocycles. The molecule has 0 aliphatic rings. The summed E-state index contributed by atoms with van der Waals surface area (Å²) in [7, 11) is 0. The molecule has 0 spiro atoms. The third-order valence-corrected chi connectivity index (χ3v) is 5.78. The highest BCUT2D eigenvalue weighted by Gasteiger charge is 2.16. The number of aromatic nitrogens is 1. The molecule has 4 rings (SSSR count). The summed E-state index contributed by atoms with van der Waals surface area (Å²) in [5, 5.41) is 6.79. The Labute approximate surface area is 232 Å². The molecule has 0 bridgehead atoms. The van der Waals surface area contributed by atoms with Gasteiger partial charge in [0.25, 0.3) is 5.91 Å². The van der Waals surface area contributed by atoms with Gasteiger partial charge in [-0.2, -0.15) is 0 Å². The number of nitrogens with one attached hydrogen (secondary N) is 1. The molecule has 4 aromatic rings.